The number of carbonyl (C=O) groups excluding carboxylic acids is 1. The molecule has 1 amide bonds. The van der Waals surface area contributed by atoms with Crippen LogP contribution in [0.1, 0.15) is 23.0 Å². The van der Waals surface area contributed by atoms with Gasteiger partial charge in [-0.15, -0.1) is 11.3 Å². The third-order valence-electron chi connectivity index (χ3n) is 3.38. The van der Waals surface area contributed by atoms with Gasteiger partial charge in [0.15, 0.2) is 0 Å². The van der Waals surface area contributed by atoms with E-state index in [9.17, 15) is 9.90 Å². The van der Waals surface area contributed by atoms with Gasteiger partial charge < -0.3 is 10.0 Å². The van der Waals surface area contributed by atoms with E-state index in [1.807, 2.05) is 11.8 Å². The van der Waals surface area contributed by atoms with Crippen molar-refractivity contribution < 1.29 is 9.90 Å². The lowest BCUT2D eigenvalue weighted by atomic mass is 10.2. The number of halogens is 1. The van der Waals surface area contributed by atoms with Crippen molar-refractivity contribution in [3.8, 4) is 0 Å². The molecule has 19 heavy (non-hydrogen) atoms. The first-order valence-corrected chi connectivity index (χ1v) is 7.74. The molecular formula is C13H19ClN2O2S. The summed E-state index contributed by atoms with van der Waals surface area (Å²) in [6.07, 6.45) is 0.505. The summed E-state index contributed by atoms with van der Waals surface area (Å²) in [6.45, 7) is 5.74. The van der Waals surface area contributed by atoms with Crippen LogP contribution >= 0.6 is 22.9 Å². The highest BCUT2D eigenvalue weighted by atomic mass is 35.5. The van der Waals surface area contributed by atoms with Crippen LogP contribution in [-0.4, -0.2) is 59.6 Å². The van der Waals surface area contributed by atoms with Gasteiger partial charge in [0.2, 0.25) is 0 Å². The largest absolute Gasteiger partial charge is 0.392 e. The zero-order valence-electron chi connectivity index (χ0n) is 11.0. The lowest BCUT2D eigenvalue weighted by molar-refractivity contribution is 0.0527. The Hall–Kier alpha value is -0.620. The van der Waals surface area contributed by atoms with Crippen molar-refractivity contribution in [3.05, 3.63) is 21.3 Å². The standard InChI is InChI=1S/C13H19ClN2O2S/c1-2-10(17)9-15-5-7-16(8-6-15)13(18)11-3-4-12(14)19-11/h3-4,10,17H,2,5-9H2,1H3/t10-/m0/s1. The molecule has 0 saturated carbocycles. The fourth-order valence-electron chi connectivity index (χ4n) is 2.15. The fraction of sp³-hybridized carbons (Fsp3) is 0.615. The molecule has 0 spiro atoms. The predicted octanol–water partition coefficient (Wildman–Crippen LogP) is 1.93. The zero-order valence-corrected chi connectivity index (χ0v) is 12.6. The number of carbonyl (C=O) groups is 1. The van der Waals surface area contributed by atoms with Crippen LogP contribution in [0.25, 0.3) is 0 Å². The Balaban J connectivity index is 1.84. The highest BCUT2D eigenvalue weighted by Gasteiger charge is 2.23. The van der Waals surface area contributed by atoms with Gasteiger partial charge in [0.05, 0.1) is 15.3 Å². The maximum atomic E-state index is 12.2. The van der Waals surface area contributed by atoms with E-state index in [0.717, 1.165) is 19.5 Å². The van der Waals surface area contributed by atoms with Crippen LogP contribution in [0.5, 0.6) is 0 Å². The summed E-state index contributed by atoms with van der Waals surface area (Å²) < 4.78 is 0.646. The number of β-amino-alcohol motifs (C(OH)–C–C–N with tert-alkyl or cyclic N) is 1. The molecule has 1 N–H and O–H groups in total. The monoisotopic (exact) mass is 302 g/mol. The van der Waals surface area contributed by atoms with Crippen LogP contribution in [0.4, 0.5) is 0 Å². The summed E-state index contributed by atoms with van der Waals surface area (Å²) >= 11 is 7.18. The Labute approximate surface area is 122 Å². The predicted molar refractivity (Wildman–Crippen MR) is 78.0 cm³/mol. The second-order valence-corrected chi connectivity index (χ2v) is 6.47. The summed E-state index contributed by atoms with van der Waals surface area (Å²) in [7, 11) is 0. The number of thiophene rings is 1. The summed E-state index contributed by atoms with van der Waals surface area (Å²) in [5, 5.41) is 9.63. The summed E-state index contributed by atoms with van der Waals surface area (Å²) in [5.41, 5.74) is 0. The van der Waals surface area contributed by atoms with Crippen molar-refractivity contribution in [2.24, 2.45) is 0 Å². The number of aliphatic hydroxyl groups is 1. The van der Waals surface area contributed by atoms with Gasteiger partial charge in [0.25, 0.3) is 5.91 Å². The molecular weight excluding hydrogens is 284 g/mol. The first kappa shape index (κ1) is 14.8. The second-order valence-electron chi connectivity index (χ2n) is 4.76. The van der Waals surface area contributed by atoms with Crippen LogP contribution in [0, 0.1) is 0 Å². The fourth-order valence-corrected chi connectivity index (χ4v) is 3.16. The summed E-state index contributed by atoms with van der Waals surface area (Å²) in [4.78, 5) is 17.0. The number of aliphatic hydroxyl groups excluding tert-OH is 1. The van der Waals surface area contributed by atoms with Gasteiger partial charge in [-0.1, -0.05) is 18.5 Å². The smallest absolute Gasteiger partial charge is 0.264 e. The second kappa shape index (κ2) is 6.70. The number of hydrogen-bond donors (Lipinski definition) is 1. The lowest BCUT2D eigenvalue weighted by Crippen LogP contribution is -2.50. The summed E-state index contributed by atoms with van der Waals surface area (Å²) in [5.74, 6) is 0.0626. The Morgan fingerprint density at radius 3 is 2.63 bits per heavy atom. The van der Waals surface area contributed by atoms with E-state index in [0.29, 0.717) is 28.8 Å². The van der Waals surface area contributed by atoms with E-state index < -0.39 is 0 Å². The van der Waals surface area contributed by atoms with Crippen LogP contribution in [0.2, 0.25) is 4.34 Å². The Morgan fingerprint density at radius 2 is 2.11 bits per heavy atom. The molecule has 1 aliphatic heterocycles. The molecule has 1 aromatic rings. The minimum Gasteiger partial charge on any atom is -0.392 e. The molecule has 0 bridgehead atoms. The molecule has 6 heteroatoms. The van der Waals surface area contributed by atoms with E-state index >= 15 is 0 Å². The van der Waals surface area contributed by atoms with E-state index in [-0.39, 0.29) is 12.0 Å². The van der Waals surface area contributed by atoms with Gasteiger partial charge in [-0.3, -0.25) is 9.69 Å². The van der Waals surface area contributed by atoms with Crippen molar-refractivity contribution >= 4 is 28.8 Å². The number of nitrogens with zero attached hydrogens (tertiary/aromatic N) is 2. The van der Waals surface area contributed by atoms with Gasteiger partial charge >= 0.3 is 0 Å². The average Bonchev–Trinajstić information content (AvgIpc) is 2.85. The molecule has 1 aliphatic rings. The Morgan fingerprint density at radius 1 is 1.42 bits per heavy atom. The van der Waals surface area contributed by atoms with Crippen LogP contribution in [0.3, 0.4) is 0 Å². The zero-order chi connectivity index (χ0) is 13.8. The van der Waals surface area contributed by atoms with Gasteiger partial charge in [-0.25, -0.2) is 0 Å². The normalized spacial score (nSPS) is 18.6. The van der Waals surface area contributed by atoms with E-state index in [2.05, 4.69) is 4.90 Å². The maximum Gasteiger partial charge on any atom is 0.264 e. The molecule has 1 atom stereocenters. The molecule has 0 unspecified atom stereocenters. The van der Waals surface area contributed by atoms with Crippen molar-refractivity contribution in [2.45, 2.75) is 19.4 Å². The third kappa shape index (κ3) is 3.92. The Kier molecular flexibility index (Phi) is 5.21. The van der Waals surface area contributed by atoms with Gasteiger partial charge in [0.1, 0.15) is 0 Å². The molecule has 4 nitrogen and oxygen atoms in total. The van der Waals surface area contributed by atoms with Gasteiger partial charge in [-0.2, -0.15) is 0 Å². The third-order valence-corrected chi connectivity index (χ3v) is 4.60. The number of amides is 1. The first-order valence-electron chi connectivity index (χ1n) is 6.55. The number of piperazine rings is 1. The average molecular weight is 303 g/mol. The molecule has 106 valence electrons. The van der Waals surface area contributed by atoms with Crippen LogP contribution < -0.4 is 0 Å². The quantitative estimate of drug-likeness (QED) is 0.924. The molecule has 0 radical (unpaired) electrons. The van der Waals surface area contributed by atoms with Crippen molar-refractivity contribution in [1.29, 1.82) is 0 Å². The number of rotatable bonds is 4. The van der Waals surface area contributed by atoms with Gasteiger partial charge in [0, 0.05) is 32.7 Å². The molecule has 0 aromatic carbocycles. The molecule has 1 aromatic heterocycles. The van der Waals surface area contributed by atoms with E-state index in [1.165, 1.54) is 11.3 Å². The lowest BCUT2D eigenvalue weighted by Gasteiger charge is -2.35. The molecule has 0 aliphatic carbocycles. The number of hydrogen-bond acceptors (Lipinski definition) is 4. The molecule has 1 saturated heterocycles. The van der Waals surface area contributed by atoms with E-state index in [4.69, 9.17) is 11.6 Å². The minimum atomic E-state index is -0.265. The Bertz CT molecular complexity index is 430. The van der Waals surface area contributed by atoms with Crippen LogP contribution in [0.15, 0.2) is 12.1 Å². The highest BCUT2D eigenvalue weighted by Crippen LogP contribution is 2.23. The molecule has 2 rings (SSSR count). The first-order chi connectivity index (χ1) is 9.10. The van der Waals surface area contributed by atoms with E-state index in [1.54, 1.807) is 12.1 Å². The van der Waals surface area contributed by atoms with Gasteiger partial charge in [-0.05, 0) is 18.6 Å². The van der Waals surface area contributed by atoms with Crippen LogP contribution in [-0.2, 0) is 0 Å². The minimum absolute atomic E-state index is 0.0626. The molecule has 2 heterocycles. The van der Waals surface area contributed by atoms with Crippen molar-refractivity contribution in [1.82, 2.24) is 9.80 Å². The summed E-state index contributed by atoms with van der Waals surface area (Å²) in [6, 6.07) is 3.54. The van der Waals surface area contributed by atoms with Crippen molar-refractivity contribution in [3.63, 3.8) is 0 Å². The van der Waals surface area contributed by atoms with Crippen molar-refractivity contribution in [2.75, 3.05) is 32.7 Å². The topological polar surface area (TPSA) is 43.8 Å². The SMILES string of the molecule is CC[C@H](O)CN1CCN(C(=O)c2ccc(Cl)s2)CC1. The maximum absolute atomic E-state index is 12.2. The highest BCUT2D eigenvalue weighted by molar-refractivity contribution is 7.17. The molecule has 1 fully saturated rings.